The number of aromatic hydroxyl groups is 1. The third-order valence-corrected chi connectivity index (χ3v) is 9.48. The van der Waals surface area contributed by atoms with Gasteiger partial charge in [0.2, 0.25) is 15.9 Å². The van der Waals surface area contributed by atoms with Crippen LogP contribution < -0.4 is 5.69 Å². The number of halogens is 1. The van der Waals surface area contributed by atoms with Gasteiger partial charge in [0, 0.05) is 24.1 Å². The van der Waals surface area contributed by atoms with E-state index in [0.717, 1.165) is 21.0 Å². The van der Waals surface area contributed by atoms with E-state index in [1.807, 2.05) is 0 Å². The summed E-state index contributed by atoms with van der Waals surface area (Å²) in [6.07, 6.45) is 0.214. The van der Waals surface area contributed by atoms with Crippen molar-refractivity contribution in [3.05, 3.63) is 96.0 Å². The van der Waals surface area contributed by atoms with Gasteiger partial charge < -0.3 is 5.11 Å². The van der Waals surface area contributed by atoms with Gasteiger partial charge in [-0.3, -0.25) is 24.8 Å². The SMILES string of the molecule is O=c1n(-c2ccc([N+](=O)[O-])c3ccccc23)c(O)c2n1[C@H]1C[C@@H]2N(S(=O)(=O)c2cccc([N+](=O)[O-])c2Cl)C1. The standard InChI is InChI=1S/C23H16ClN5O8S/c24-20-17(29(34)35)6-3-7-19(20)38(36,37)25-11-12-10-18(25)21-22(30)27(23(31)26(12)21)15-8-9-16(28(32)33)14-5-2-1-4-13(14)15/h1-9,12,18,30H,10-11H2/t12-,18-/m0/s1. The molecule has 2 aliphatic rings. The Kier molecular flexibility index (Phi) is 5.14. The van der Waals surface area contributed by atoms with Gasteiger partial charge >= 0.3 is 5.69 Å². The fraction of sp³-hybridized carbons (Fsp3) is 0.174. The van der Waals surface area contributed by atoms with Crippen LogP contribution in [0.15, 0.2) is 64.3 Å². The maximum absolute atomic E-state index is 13.6. The molecule has 0 unspecified atom stereocenters. The number of imidazole rings is 1. The van der Waals surface area contributed by atoms with Crippen molar-refractivity contribution in [1.29, 1.82) is 0 Å². The van der Waals surface area contributed by atoms with Crippen LogP contribution in [-0.4, -0.2) is 43.4 Å². The Labute approximate surface area is 218 Å². The summed E-state index contributed by atoms with van der Waals surface area (Å²) in [5, 5.41) is 34.1. The highest BCUT2D eigenvalue weighted by Crippen LogP contribution is 2.51. The first-order chi connectivity index (χ1) is 18.0. The zero-order valence-corrected chi connectivity index (χ0v) is 20.7. The lowest BCUT2D eigenvalue weighted by molar-refractivity contribution is -0.384. The van der Waals surface area contributed by atoms with E-state index in [1.165, 1.54) is 28.8 Å². The topological polar surface area (TPSA) is 171 Å². The highest BCUT2D eigenvalue weighted by atomic mass is 35.5. The second kappa shape index (κ2) is 8.11. The van der Waals surface area contributed by atoms with Gasteiger partial charge in [-0.05, 0) is 24.6 Å². The highest BCUT2D eigenvalue weighted by Gasteiger charge is 2.52. The van der Waals surface area contributed by atoms with Gasteiger partial charge in [0.05, 0.1) is 33.0 Å². The highest BCUT2D eigenvalue weighted by molar-refractivity contribution is 7.89. The maximum atomic E-state index is 13.6. The predicted molar refractivity (Wildman–Crippen MR) is 134 cm³/mol. The zero-order chi connectivity index (χ0) is 27.1. The predicted octanol–water partition coefficient (Wildman–Crippen LogP) is 3.66. The molecule has 6 rings (SSSR count). The van der Waals surface area contributed by atoms with Crippen molar-refractivity contribution in [3.63, 3.8) is 0 Å². The number of hydrogen-bond donors (Lipinski definition) is 1. The molecule has 38 heavy (non-hydrogen) atoms. The van der Waals surface area contributed by atoms with E-state index in [4.69, 9.17) is 11.6 Å². The minimum Gasteiger partial charge on any atom is -0.493 e. The summed E-state index contributed by atoms with van der Waals surface area (Å²) in [4.78, 5) is 34.5. The number of hydrogen-bond acceptors (Lipinski definition) is 8. The van der Waals surface area contributed by atoms with Crippen molar-refractivity contribution < 1.29 is 23.4 Å². The molecule has 3 heterocycles. The minimum atomic E-state index is -4.35. The van der Waals surface area contributed by atoms with Crippen LogP contribution in [0.2, 0.25) is 5.02 Å². The molecule has 1 aromatic heterocycles. The molecule has 1 fully saturated rings. The van der Waals surface area contributed by atoms with Crippen LogP contribution in [0.5, 0.6) is 5.88 Å². The van der Waals surface area contributed by atoms with E-state index >= 15 is 0 Å². The summed E-state index contributed by atoms with van der Waals surface area (Å²) < 4.78 is 30.5. The number of fused-ring (bicyclic) bond motifs is 6. The number of sulfonamides is 1. The van der Waals surface area contributed by atoms with Crippen LogP contribution in [0, 0.1) is 20.2 Å². The van der Waals surface area contributed by atoms with Gasteiger partial charge in [0.1, 0.15) is 15.6 Å². The first kappa shape index (κ1) is 24.1. The van der Waals surface area contributed by atoms with Crippen LogP contribution in [0.1, 0.15) is 24.2 Å². The number of nitro benzene ring substituents is 2. The lowest BCUT2D eigenvalue weighted by Crippen LogP contribution is -2.38. The Morgan fingerprint density at radius 3 is 2.32 bits per heavy atom. The van der Waals surface area contributed by atoms with E-state index in [2.05, 4.69) is 0 Å². The molecule has 2 aliphatic heterocycles. The molecular formula is C23H16ClN5O8S. The van der Waals surface area contributed by atoms with Crippen LogP contribution in [0.25, 0.3) is 16.5 Å². The van der Waals surface area contributed by atoms with Crippen LogP contribution >= 0.6 is 11.6 Å². The zero-order valence-electron chi connectivity index (χ0n) is 19.1. The van der Waals surface area contributed by atoms with Crippen molar-refractivity contribution in [3.8, 4) is 11.6 Å². The molecule has 2 atom stereocenters. The van der Waals surface area contributed by atoms with Crippen molar-refractivity contribution >= 4 is 43.8 Å². The minimum absolute atomic E-state index is 0.0683. The van der Waals surface area contributed by atoms with Gasteiger partial charge in [-0.25, -0.2) is 17.8 Å². The Morgan fingerprint density at radius 2 is 1.63 bits per heavy atom. The van der Waals surface area contributed by atoms with Crippen molar-refractivity contribution in [2.24, 2.45) is 0 Å². The Bertz CT molecular complexity index is 1880. The smallest absolute Gasteiger partial charge is 0.336 e. The lowest BCUT2D eigenvalue weighted by atomic mass is 10.1. The van der Waals surface area contributed by atoms with Gasteiger partial charge in [0.25, 0.3) is 11.4 Å². The molecule has 0 saturated carbocycles. The van der Waals surface area contributed by atoms with E-state index in [1.54, 1.807) is 18.2 Å². The third kappa shape index (κ3) is 3.14. The second-order valence-corrected chi connectivity index (χ2v) is 11.2. The van der Waals surface area contributed by atoms with E-state index in [0.29, 0.717) is 5.39 Å². The number of nitro groups is 2. The first-order valence-electron chi connectivity index (χ1n) is 11.2. The normalized spacial score (nSPS) is 18.7. The summed E-state index contributed by atoms with van der Waals surface area (Å²) in [6, 6.07) is 10.9. The van der Waals surface area contributed by atoms with Crippen molar-refractivity contribution in [2.75, 3.05) is 6.54 Å². The lowest BCUT2D eigenvalue weighted by Gasteiger charge is -2.27. The molecule has 1 N–H and O–H groups in total. The van der Waals surface area contributed by atoms with Crippen molar-refractivity contribution in [1.82, 2.24) is 13.4 Å². The monoisotopic (exact) mass is 557 g/mol. The Balaban J connectivity index is 1.49. The molecule has 4 aromatic rings. The summed E-state index contributed by atoms with van der Waals surface area (Å²) >= 11 is 6.10. The number of non-ortho nitro benzene ring substituents is 1. The summed E-state index contributed by atoms with van der Waals surface area (Å²) in [5.41, 5.74) is -1.08. The Hall–Kier alpha value is -4.27. The molecule has 2 bridgehead atoms. The fourth-order valence-corrected chi connectivity index (χ4v) is 7.69. The molecule has 3 aromatic carbocycles. The second-order valence-electron chi connectivity index (χ2n) is 8.93. The molecule has 0 amide bonds. The Morgan fingerprint density at radius 1 is 0.947 bits per heavy atom. The fourth-order valence-electron chi connectivity index (χ4n) is 5.48. The third-order valence-electron chi connectivity index (χ3n) is 7.05. The van der Waals surface area contributed by atoms with Gasteiger partial charge in [-0.15, -0.1) is 0 Å². The maximum Gasteiger partial charge on any atom is 0.336 e. The van der Waals surface area contributed by atoms with Crippen molar-refractivity contribution in [2.45, 2.75) is 23.4 Å². The van der Waals surface area contributed by atoms with E-state index in [9.17, 15) is 38.5 Å². The van der Waals surface area contributed by atoms with E-state index < -0.39 is 59.1 Å². The molecule has 13 nitrogen and oxygen atoms in total. The quantitative estimate of drug-likeness (QED) is 0.286. The molecular weight excluding hydrogens is 542 g/mol. The summed E-state index contributed by atoms with van der Waals surface area (Å²) in [5.74, 6) is -0.494. The van der Waals surface area contributed by atoms with E-state index in [-0.39, 0.29) is 35.4 Å². The van der Waals surface area contributed by atoms with Gasteiger partial charge in [0.15, 0.2) is 0 Å². The summed E-state index contributed by atoms with van der Waals surface area (Å²) in [6.45, 7) is -0.108. The molecule has 1 saturated heterocycles. The largest absolute Gasteiger partial charge is 0.493 e. The van der Waals surface area contributed by atoms with Crippen LogP contribution in [-0.2, 0) is 10.0 Å². The first-order valence-corrected chi connectivity index (χ1v) is 13.0. The molecule has 0 radical (unpaired) electrons. The van der Waals surface area contributed by atoms with Crippen LogP contribution in [0.4, 0.5) is 11.4 Å². The number of benzene rings is 3. The average molecular weight is 558 g/mol. The molecule has 15 heteroatoms. The summed E-state index contributed by atoms with van der Waals surface area (Å²) in [7, 11) is -4.35. The van der Waals surface area contributed by atoms with Crippen LogP contribution in [0.3, 0.4) is 0 Å². The number of nitrogens with zero attached hydrogens (tertiary/aromatic N) is 5. The van der Waals surface area contributed by atoms with Gasteiger partial charge in [-0.1, -0.05) is 35.9 Å². The van der Waals surface area contributed by atoms with Gasteiger partial charge in [-0.2, -0.15) is 4.31 Å². The number of aromatic nitrogens is 2. The molecule has 0 spiro atoms. The average Bonchev–Trinajstić information content (AvgIpc) is 3.55. The molecule has 0 aliphatic carbocycles. The molecule has 194 valence electrons. The number of rotatable bonds is 5.